The second-order valence-corrected chi connectivity index (χ2v) is 4.62. The summed E-state index contributed by atoms with van der Waals surface area (Å²) in [6, 6.07) is 4.66. The Labute approximate surface area is 101 Å². The summed E-state index contributed by atoms with van der Waals surface area (Å²) in [4.78, 5) is 2.21. The SMILES string of the molecule is CC1CN(c2ccc(F)cc2[C@H](C)N)CCO1. The van der Waals surface area contributed by atoms with Gasteiger partial charge in [-0.05, 0) is 37.6 Å². The summed E-state index contributed by atoms with van der Waals surface area (Å²) in [6.45, 7) is 6.28. The summed E-state index contributed by atoms with van der Waals surface area (Å²) in [6.07, 6.45) is 0.203. The Bertz CT molecular complexity index is 395. The lowest BCUT2D eigenvalue weighted by atomic mass is 10.0. The van der Waals surface area contributed by atoms with E-state index in [4.69, 9.17) is 10.5 Å². The summed E-state index contributed by atoms with van der Waals surface area (Å²) < 4.78 is 18.8. The van der Waals surface area contributed by atoms with Crippen molar-refractivity contribution in [1.29, 1.82) is 0 Å². The number of nitrogens with two attached hydrogens (primary N) is 1. The van der Waals surface area contributed by atoms with Gasteiger partial charge in [-0.25, -0.2) is 4.39 Å². The fourth-order valence-electron chi connectivity index (χ4n) is 2.22. The number of anilines is 1. The van der Waals surface area contributed by atoms with Crippen molar-refractivity contribution in [3.05, 3.63) is 29.6 Å². The Balaban J connectivity index is 2.30. The molecule has 2 N–H and O–H groups in total. The highest BCUT2D eigenvalue weighted by molar-refractivity contribution is 5.55. The third-order valence-corrected chi connectivity index (χ3v) is 3.06. The Hall–Kier alpha value is -1.13. The van der Waals surface area contributed by atoms with Crippen molar-refractivity contribution in [2.45, 2.75) is 26.0 Å². The van der Waals surface area contributed by atoms with Crippen LogP contribution in [0, 0.1) is 5.82 Å². The number of hydrogen-bond donors (Lipinski definition) is 1. The van der Waals surface area contributed by atoms with Crippen LogP contribution >= 0.6 is 0 Å². The van der Waals surface area contributed by atoms with Gasteiger partial charge in [-0.15, -0.1) is 0 Å². The molecule has 1 aliphatic rings. The van der Waals surface area contributed by atoms with E-state index in [0.29, 0.717) is 6.61 Å². The van der Waals surface area contributed by atoms with Gasteiger partial charge in [0.25, 0.3) is 0 Å². The molecule has 1 aliphatic heterocycles. The predicted octanol–water partition coefficient (Wildman–Crippen LogP) is 2.07. The summed E-state index contributed by atoms with van der Waals surface area (Å²) in [5.41, 5.74) is 7.79. The Morgan fingerprint density at radius 3 is 2.94 bits per heavy atom. The lowest BCUT2D eigenvalue weighted by Gasteiger charge is -2.34. The number of ether oxygens (including phenoxy) is 1. The lowest BCUT2D eigenvalue weighted by molar-refractivity contribution is 0.0531. The minimum atomic E-state index is -0.234. The van der Waals surface area contributed by atoms with Crippen molar-refractivity contribution >= 4 is 5.69 Å². The first-order chi connectivity index (χ1) is 8.08. The van der Waals surface area contributed by atoms with E-state index >= 15 is 0 Å². The number of halogens is 1. The van der Waals surface area contributed by atoms with Gasteiger partial charge in [-0.1, -0.05) is 0 Å². The molecule has 1 heterocycles. The van der Waals surface area contributed by atoms with Gasteiger partial charge in [-0.2, -0.15) is 0 Å². The number of nitrogens with zero attached hydrogens (tertiary/aromatic N) is 1. The normalized spacial score (nSPS) is 22.6. The van der Waals surface area contributed by atoms with Gasteiger partial charge in [0, 0.05) is 24.8 Å². The van der Waals surface area contributed by atoms with E-state index in [9.17, 15) is 4.39 Å². The second-order valence-electron chi connectivity index (χ2n) is 4.62. The van der Waals surface area contributed by atoms with Crippen LogP contribution in [0.2, 0.25) is 0 Å². The van der Waals surface area contributed by atoms with Crippen molar-refractivity contribution in [2.75, 3.05) is 24.6 Å². The van der Waals surface area contributed by atoms with Gasteiger partial charge in [-0.3, -0.25) is 0 Å². The van der Waals surface area contributed by atoms with E-state index in [1.54, 1.807) is 0 Å². The average molecular weight is 238 g/mol. The molecule has 1 unspecified atom stereocenters. The highest BCUT2D eigenvalue weighted by atomic mass is 19.1. The van der Waals surface area contributed by atoms with Crippen molar-refractivity contribution in [3.63, 3.8) is 0 Å². The van der Waals surface area contributed by atoms with Crippen molar-refractivity contribution in [3.8, 4) is 0 Å². The molecule has 2 atom stereocenters. The smallest absolute Gasteiger partial charge is 0.123 e. The third kappa shape index (κ3) is 2.76. The Morgan fingerprint density at radius 2 is 2.29 bits per heavy atom. The minimum absolute atomic E-state index is 0.168. The highest BCUT2D eigenvalue weighted by Gasteiger charge is 2.20. The van der Waals surface area contributed by atoms with E-state index in [0.717, 1.165) is 24.3 Å². The lowest BCUT2D eigenvalue weighted by Crippen LogP contribution is -2.41. The maximum Gasteiger partial charge on any atom is 0.123 e. The van der Waals surface area contributed by atoms with Crippen LogP contribution in [0.3, 0.4) is 0 Å². The first-order valence-electron chi connectivity index (χ1n) is 5.99. The molecule has 1 saturated heterocycles. The van der Waals surface area contributed by atoms with Gasteiger partial charge in [0.15, 0.2) is 0 Å². The molecule has 0 amide bonds. The molecule has 0 bridgehead atoms. The van der Waals surface area contributed by atoms with E-state index in [1.807, 2.05) is 19.9 Å². The molecule has 3 nitrogen and oxygen atoms in total. The van der Waals surface area contributed by atoms with Crippen LogP contribution in [0.25, 0.3) is 0 Å². The van der Waals surface area contributed by atoms with E-state index in [1.165, 1.54) is 12.1 Å². The molecule has 1 aromatic carbocycles. The van der Waals surface area contributed by atoms with Gasteiger partial charge in [0.1, 0.15) is 5.82 Å². The molecule has 0 aliphatic carbocycles. The maximum atomic E-state index is 13.3. The van der Waals surface area contributed by atoms with Crippen LogP contribution in [0.4, 0.5) is 10.1 Å². The summed E-state index contributed by atoms with van der Waals surface area (Å²) in [7, 11) is 0. The molecule has 2 rings (SSSR count). The predicted molar refractivity (Wildman–Crippen MR) is 66.6 cm³/mol. The van der Waals surface area contributed by atoms with Gasteiger partial charge < -0.3 is 15.4 Å². The third-order valence-electron chi connectivity index (χ3n) is 3.06. The standard InChI is InChI=1S/C13H19FN2O/c1-9-8-16(5-6-17-9)13-4-3-11(14)7-12(13)10(2)15/h3-4,7,9-10H,5-6,8,15H2,1-2H3/t9?,10-/m0/s1. The first-order valence-corrected chi connectivity index (χ1v) is 5.99. The molecule has 17 heavy (non-hydrogen) atoms. The fourth-order valence-corrected chi connectivity index (χ4v) is 2.22. The maximum absolute atomic E-state index is 13.3. The van der Waals surface area contributed by atoms with Gasteiger partial charge in [0.2, 0.25) is 0 Å². The number of rotatable bonds is 2. The number of hydrogen-bond acceptors (Lipinski definition) is 3. The topological polar surface area (TPSA) is 38.5 Å². The van der Waals surface area contributed by atoms with Crippen LogP contribution < -0.4 is 10.6 Å². The largest absolute Gasteiger partial charge is 0.375 e. The van der Waals surface area contributed by atoms with Gasteiger partial charge in [0.05, 0.1) is 12.7 Å². The quantitative estimate of drug-likeness (QED) is 0.857. The molecule has 4 heteroatoms. The molecule has 0 saturated carbocycles. The summed E-state index contributed by atoms with van der Waals surface area (Å²) in [5.74, 6) is -0.234. The Kier molecular flexibility index (Phi) is 3.64. The van der Waals surface area contributed by atoms with E-state index < -0.39 is 0 Å². The van der Waals surface area contributed by atoms with Crippen LogP contribution in [0.15, 0.2) is 18.2 Å². The Morgan fingerprint density at radius 1 is 1.53 bits per heavy atom. The van der Waals surface area contributed by atoms with Crippen LogP contribution in [-0.4, -0.2) is 25.8 Å². The number of benzene rings is 1. The monoisotopic (exact) mass is 238 g/mol. The zero-order valence-corrected chi connectivity index (χ0v) is 10.3. The minimum Gasteiger partial charge on any atom is -0.375 e. The number of morpholine rings is 1. The van der Waals surface area contributed by atoms with Crippen LogP contribution in [0.1, 0.15) is 25.5 Å². The van der Waals surface area contributed by atoms with Crippen molar-refractivity contribution in [1.82, 2.24) is 0 Å². The molecule has 1 aromatic rings. The zero-order valence-electron chi connectivity index (χ0n) is 10.3. The molecular formula is C13H19FN2O. The molecular weight excluding hydrogens is 219 g/mol. The van der Waals surface area contributed by atoms with Crippen molar-refractivity contribution in [2.24, 2.45) is 5.73 Å². The molecule has 1 fully saturated rings. The molecule has 0 spiro atoms. The second kappa shape index (κ2) is 5.02. The van der Waals surface area contributed by atoms with E-state index in [-0.39, 0.29) is 18.0 Å². The van der Waals surface area contributed by atoms with Crippen LogP contribution in [0.5, 0.6) is 0 Å². The zero-order chi connectivity index (χ0) is 12.4. The molecule has 94 valence electrons. The molecule has 0 aromatic heterocycles. The van der Waals surface area contributed by atoms with Gasteiger partial charge >= 0.3 is 0 Å². The van der Waals surface area contributed by atoms with Crippen molar-refractivity contribution < 1.29 is 9.13 Å². The average Bonchev–Trinajstić information content (AvgIpc) is 2.28. The summed E-state index contributed by atoms with van der Waals surface area (Å²) in [5, 5.41) is 0. The fraction of sp³-hybridized carbons (Fsp3) is 0.538. The highest BCUT2D eigenvalue weighted by Crippen LogP contribution is 2.27. The summed E-state index contributed by atoms with van der Waals surface area (Å²) >= 11 is 0. The van der Waals surface area contributed by atoms with E-state index in [2.05, 4.69) is 4.90 Å². The molecule has 0 radical (unpaired) electrons. The van der Waals surface area contributed by atoms with Crippen LogP contribution in [-0.2, 0) is 4.74 Å². The first kappa shape index (κ1) is 12.3.